The lowest BCUT2D eigenvalue weighted by atomic mass is 9.96. The van der Waals surface area contributed by atoms with Gasteiger partial charge in [0.1, 0.15) is 24.4 Å². The average molecular weight is 702 g/mol. The Bertz CT molecular complexity index is 1970. The molecule has 51 heavy (non-hydrogen) atoms. The Morgan fingerprint density at radius 2 is 1.08 bits per heavy atom. The van der Waals surface area contributed by atoms with Crippen LogP contribution in [0.1, 0.15) is 38.8 Å². The molecule has 0 N–H and O–H groups in total. The fourth-order valence-corrected chi connectivity index (χ4v) is 6.87. The molecule has 0 aliphatic carbocycles. The maximum atomic E-state index is 12.4. The van der Waals surface area contributed by atoms with E-state index in [1.165, 1.54) is 0 Å². The molecule has 7 nitrogen and oxygen atoms in total. The highest BCUT2D eigenvalue weighted by atomic mass is 35.5. The summed E-state index contributed by atoms with van der Waals surface area (Å²) < 4.78 is 35.9. The van der Waals surface area contributed by atoms with Crippen molar-refractivity contribution in [3.63, 3.8) is 0 Å². The van der Waals surface area contributed by atoms with Gasteiger partial charge in [0.2, 0.25) is 0 Å². The normalized spacial score (nSPS) is 20.4. The third kappa shape index (κ3) is 8.48. The highest BCUT2D eigenvalue weighted by Gasteiger charge is 2.49. The lowest BCUT2D eigenvalue weighted by Crippen LogP contribution is -2.59. The first-order valence-electron chi connectivity index (χ1n) is 17.2. The molecule has 0 saturated carbocycles. The molecule has 8 heteroatoms. The Labute approximate surface area is 303 Å². The van der Waals surface area contributed by atoms with Gasteiger partial charge in [-0.1, -0.05) is 139 Å². The van der Waals surface area contributed by atoms with E-state index in [9.17, 15) is 4.79 Å². The minimum absolute atomic E-state index is 0.224. The molecule has 7 rings (SSSR count). The molecule has 260 valence electrons. The van der Waals surface area contributed by atoms with Gasteiger partial charge in [0.05, 0.1) is 43.6 Å². The number of benzene rings is 5. The van der Waals surface area contributed by atoms with Crippen molar-refractivity contribution >= 4 is 28.8 Å². The Morgan fingerprint density at radius 3 is 1.61 bits per heavy atom. The summed E-state index contributed by atoms with van der Waals surface area (Å²) in [7, 11) is 0. The maximum Gasteiger partial charge on any atom is 0.163 e. The minimum atomic E-state index is -0.731. The monoisotopic (exact) mass is 701 g/mol. The molecule has 0 amide bonds. The van der Waals surface area contributed by atoms with Gasteiger partial charge in [-0.25, -0.2) is 0 Å². The van der Waals surface area contributed by atoms with Gasteiger partial charge in [0, 0.05) is 17.1 Å². The van der Waals surface area contributed by atoms with Crippen molar-refractivity contribution in [3.05, 3.63) is 179 Å². The zero-order valence-electron chi connectivity index (χ0n) is 28.1. The van der Waals surface area contributed by atoms with Gasteiger partial charge in [-0.05, 0) is 34.4 Å². The highest BCUT2D eigenvalue weighted by molar-refractivity contribution is 6.36. The van der Waals surface area contributed by atoms with Crippen LogP contribution in [0.3, 0.4) is 0 Å². The maximum absolute atomic E-state index is 12.4. The van der Waals surface area contributed by atoms with Crippen LogP contribution in [0, 0.1) is 0 Å². The number of rotatable bonds is 15. The number of hydrogen-bond donors (Lipinski definition) is 0. The van der Waals surface area contributed by atoms with Crippen molar-refractivity contribution in [2.75, 3.05) is 6.61 Å². The first-order valence-corrected chi connectivity index (χ1v) is 17.5. The Balaban J connectivity index is 1.30. The van der Waals surface area contributed by atoms with Gasteiger partial charge >= 0.3 is 0 Å². The van der Waals surface area contributed by atoms with Crippen molar-refractivity contribution in [2.45, 2.75) is 57.1 Å². The number of nitrogens with zero attached hydrogens (tertiary/aromatic N) is 1. The second-order valence-corrected chi connectivity index (χ2v) is 13.0. The van der Waals surface area contributed by atoms with Crippen LogP contribution in [0.5, 0.6) is 0 Å². The molecular formula is C43H40ClNO6. The number of fused-ring (bicyclic) bond motifs is 1. The molecule has 2 heterocycles. The molecule has 1 aliphatic rings. The standard InChI is InChI=1S/C43H40ClNO6/c44-36-22-13-23-37-39(36)35(25-46)24-45(37)43-42(50-29-34-20-11-4-12-21-34)41(49-28-33-18-9-3-10-19-33)40(48-27-32-16-7-2-8-17-32)38(51-43)30-47-26-31-14-5-1-6-15-31/h1-25,38,40-43H,26-30H2/t38-,40-,41+,42-,43-/m1/s1. The first-order chi connectivity index (χ1) is 25.2. The summed E-state index contributed by atoms with van der Waals surface area (Å²) in [5.41, 5.74) is 5.30. The van der Waals surface area contributed by atoms with Crippen molar-refractivity contribution in [2.24, 2.45) is 0 Å². The van der Waals surface area contributed by atoms with E-state index in [1.54, 1.807) is 12.3 Å². The summed E-state index contributed by atoms with van der Waals surface area (Å²) in [6.45, 7) is 1.59. The molecule has 1 aliphatic heterocycles. The fourth-order valence-electron chi connectivity index (χ4n) is 6.59. The minimum Gasteiger partial charge on any atom is -0.374 e. The first kappa shape index (κ1) is 34.8. The quantitative estimate of drug-likeness (QED) is 0.0996. The lowest BCUT2D eigenvalue weighted by Gasteiger charge is -2.46. The van der Waals surface area contributed by atoms with E-state index < -0.39 is 30.6 Å². The number of aromatic nitrogens is 1. The van der Waals surface area contributed by atoms with Crippen LogP contribution in [-0.2, 0) is 50.1 Å². The predicted molar refractivity (Wildman–Crippen MR) is 197 cm³/mol. The third-order valence-electron chi connectivity index (χ3n) is 9.10. The second-order valence-electron chi connectivity index (χ2n) is 12.6. The van der Waals surface area contributed by atoms with Crippen LogP contribution >= 0.6 is 11.6 Å². The Kier molecular flexibility index (Phi) is 11.7. The number of aldehydes is 1. The summed E-state index contributed by atoms with van der Waals surface area (Å²) in [4.78, 5) is 12.4. The van der Waals surface area contributed by atoms with Crippen LogP contribution in [0.25, 0.3) is 10.9 Å². The molecular weight excluding hydrogens is 662 g/mol. The molecule has 0 bridgehead atoms. The second kappa shape index (κ2) is 17.1. The van der Waals surface area contributed by atoms with E-state index in [0.29, 0.717) is 42.4 Å². The van der Waals surface area contributed by atoms with Crippen LogP contribution in [0.15, 0.2) is 146 Å². The van der Waals surface area contributed by atoms with E-state index in [4.69, 9.17) is 35.3 Å². The zero-order chi connectivity index (χ0) is 34.8. The SMILES string of the molecule is O=Cc1cn([C@@H]2O[C@H](COCc3ccccc3)[C@@H](OCc3ccccc3)[C@H](OCc3ccccc3)[C@H]2OCc2ccccc2)c2cccc(Cl)c12. The number of halogens is 1. The van der Waals surface area contributed by atoms with E-state index >= 15 is 0 Å². The average Bonchev–Trinajstić information content (AvgIpc) is 3.57. The topological polar surface area (TPSA) is 68.2 Å². The molecule has 1 aromatic heterocycles. The summed E-state index contributed by atoms with van der Waals surface area (Å²) in [6, 6.07) is 45.7. The van der Waals surface area contributed by atoms with E-state index in [0.717, 1.165) is 34.1 Å². The smallest absolute Gasteiger partial charge is 0.163 e. The van der Waals surface area contributed by atoms with Gasteiger partial charge in [0.15, 0.2) is 12.5 Å². The molecule has 6 aromatic rings. The number of carbonyl (C=O) groups is 1. The molecule has 0 radical (unpaired) electrons. The summed E-state index contributed by atoms with van der Waals surface area (Å²) in [6.07, 6.45) is -0.566. The largest absolute Gasteiger partial charge is 0.374 e. The molecule has 0 unspecified atom stereocenters. The van der Waals surface area contributed by atoms with Crippen LogP contribution in [0.2, 0.25) is 5.02 Å². The number of hydrogen-bond acceptors (Lipinski definition) is 6. The zero-order valence-corrected chi connectivity index (χ0v) is 28.9. The number of ether oxygens (including phenoxy) is 5. The van der Waals surface area contributed by atoms with Crippen LogP contribution in [-0.4, -0.2) is 41.9 Å². The van der Waals surface area contributed by atoms with Crippen molar-refractivity contribution in [3.8, 4) is 0 Å². The molecule has 0 spiro atoms. The highest BCUT2D eigenvalue weighted by Crippen LogP contribution is 2.39. The molecule has 1 fully saturated rings. The predicted octanol–water partition coefficient (Wildman–Crippen LogP) is 8.98. The summed E-state index contributed by atoms with van der Waals surface area (Å²) in [5, 5.41) is 1.13. The van der Waals surface area contributed by atoms with Gasteiger partial charge < -0.3 is 28.3 Å². The van der Waals surface area contributed by atoms with Gasteiger partial charge in [-0.3, -0.25) is 4.79 Å². The number of carbonyl (C=O) groups excluding carboxylic acids is 1. The Hall–Kier alpha value is -4.60. The summed E-state index contributed by atoms with van der Waals surface area (Å²) in [5.74, 6) is 0. The third-order valence-corrected chi connectivity index (χ3v) is 9.41. The molecule has 1 saturated heterocycles. The Morgan fingerprint density at radius 1 is 0.588 bits per heavy atom. The van der Waals surface area contributed by atoms with E-state index in [1.807, 2.05) is 138 Å². The van der Waals surface area contributed by atoms with E-state index in [2.05, 4.69) is 0 Å². The van der Waals surface area contributed by atoms with Gasteiger partial charge in [0.25, 0.3) is 0 Å². The molecule has 5 aromatic carbocycles. The van der Waals surface area contributed by atoms with Crippen molar-refractivity contribution in [1.29, 1.82) is 0 Å². The van der Waals surface area contributed by atoms with Crippen molar-refractivity contribution < 1.29 is 28.5 Å². The van der Waals surface area contributed by atoms with Gasteiger partial charge in [-0.2, -0.15) is 0 Å². The molecule has 5 atom stereocenters. The van der Waals surface area contributed by atoms with Gasteiger partial charge in [-0.15, -0.1) is 0 Å². The lowest BCUT2D eigenvalue weighted by molar-refractivity contribution is -0.289. The van der Waals surface area contributed by atoms with Crippen LogP contribution < -0.4 is 0 Å². The van der Waals surface area contributed by atoms with E-state index in [-0.39, 0.29) is 6.61 Å². The van der Waals surface area contributed by atoms with Crippen molar-refractivity contribution in [1.82, 2.24) is 4.57 Å². The summed E-state index contributed by atoms with van der Waals surface area (Å²) >= 11 is 6.69. The fraction of sp³-hybridized carbons (Fsp3) is 0.233. The van der Waals surface area contributed by atoms with Crippen LogP contribution in [0.4, 0.5) is 0 Å².